The van der Waals surface area contributed by atoms with Crippen molar-refractivity contribution >= 4 is 0 Å². The Balaban J connectivity index is 2.92. The van der Waals surface area contributed by atoms with Crippen LogP contribution >= 0.6 is 0 Å². The van der Waals surface area contributed by atoms with Crippen molar-refractivity contribution in [3.05, 3.63) is 29.3 Å². The molecule has 0 saturated carbocycles. The van der Waals surface area contributed by atoms with E-state index >= 15 is 0 Å². The number of rotatable bonds is 5. The van der Waals surface area contributed by atoms with Gasteiger partial charge in [-0.3, -0.25) is 0 Å². The number of aliphatic hydroxyl groups excluding tert-OH is 2. The van der Waals surface area contributed by atoms with Crippen LogP contribution in [-0.2, 0) is 0 Å². The van der Waals surface area contributed by atoms with Crippen LogP contribution in [0.3, 0.4) is 0 Å². The maximum absolute atomic E-state index is 9.96. The topological polar surface area (TPSA) is 75.7 Å². The smallest absolute Gasteiger partial charge is 0.119 e. The van der Waals surface area contributed by atoms with Crippen molar-refractivity contribution in [2.75, 3.05) is 13.7 Å². The molecule has 0 amide bonds. The van der Waals surface area contributed by atoms with E-state index in [4.69, 9.17) is 10.5 Å². The highest BCUT2D eigenvalue weighted by Crippen LogP contribution is 2.26. The fourth-order valence-electron chi connectivity index (χ4n) is 1.60. The van der Waals surface area contributed by atoms with E-state index in [-0.39, 0.29) is 0 Å². The minimum atomic E-state index is -0.918. The monoisotopic (exact) mass is 225 g/mol. The first-order valence-electron chi connectivity index (χ1n) is 5.31. The van der Waals surface area contributed by atoms with Gasteiger partial charge in [0, 0.05) is 0 Å². The lowest BCUT2D eigenvalue weighted by molar-refractivity contribution is 0.0145. The van der Waals surface area contributed by atoms with Crippen molar-refractivity contribution in [3.63, 3.8) is 0 Å². The van der Waals surface area contributed by atoms with Crippen LogP contribution in [0.5, 0.6) is 5.75 Å². The molecule has 0 aliphatic heterocycles. The van der Waals surface area contributed by atoms with Gasteiger partial charge >= 0.3 is 0 Å². The quantitative estimate of drug-likeness (QED) is 0.691. The largest absolute Gasteiger partial charge is 0.497 e. The summed E-state index contributed by atoms with van der Waals surface area (Å²) >= 11 is 0. The van der Waals surface area contributed by atoms with Crippen LogP contribution in [0.4, 0.5) is 0 Å². The average molecular weight is 225 g/mol. The summed E-state index contributed by atoms with van der Waals surface area (Å²) < 4.78 is 5.08. The van der Waals surface area contributed by atoms with Gasteiger partial charge in [-0.25, -0.2) is 0 Å². The molecule has 4 nitrogen and oxygen atoms in total. The zero-order chi connectivity index (χ0) is 12.1. The third-order valence-electron chi connectivity index (χ3n) is 2.63. The van der Waals surface area contributed by atoms with Gasteiger partial charge in [-0.15, -0.1) is 0 Å². The summed E-state index contributed by atoms with van der Waals surface area (Å²) in [7, 11) is 1.57. The lowest BCUT2D eigenvalue weighted by Gasteiger charge is -2.19. The maximum Gasteiger partial charge on any atom is 0.119 e. The summed E-state index contributed by atoms with van der Waals surface area (Å²) in [6.07, 6.45) is -1.38. The number of ether oxygens (including phenoxy) is 1. The summed E-state index contributed by atoms with van der Waals surface area (Å²) in [6, 6.07) is 5.41. The fourth-order valence-corrected chi connectivity index (χ4v) is 1.60. The molecule has 1 aromatic carbocycles. The standard InChI is InChI=1S/C12H19NO3/c1-8-3-4-9(16-2)7-10(8)12(15)11(14)5-6-13/h3-4,7,11-12,14-15H,5-6,13H2,1-2H3. The second-order valence-electron chi connectivity index (χ2n) is 3.81. The Bertz CT molecular complexity index is 341. The molecular formula is C12H19NO3. The van der Waals surface area contributed by atoms with Crippen molar-refractivity contribution in [1.29, 1.82) is 0 Å². The van der Waals surface area contributed by atoms with Crippen LogP contribution in [0.2, 0.25) is 0 Å². The molecule has 1 rings (SSSR count). The molecule has 1 aromatic rings. The molecule has 2 unspecified atom stereocenters. The molecule has 0 spiro atoms. The van der Waals surface area contributed by atoms with Crippen molar-refractivity contribution < 1.29 is 14.9 Å². The highest BCUT2D eigenvalue weighted by Gasteiger charge is 2.19. The average Bonchev–Trinajstić information content (AvgIpc) is 2.29. The van der Waals surface area contributed by atoms with Crippen LogP contribution in [0, 0.1) is 6.92 Å². The van der Waals surface area contributed by atoms with Crippen LogP contribution in [0.15, 0.2) is 18.2 Å². The van der Waals surface area contributed by atoms with Crippen LogP contribution in [0.1, 0.15) is 23.7 Å². The zero-order valence-electron chi connectivity index (χ0n) is 9.68. The number of methoxy groups -OCH3 is 1. The van der Waals surface area contributed by atoms with Gasteiger partial charge in [0.05, 0.1) is 13.2 Å². The van der Waals surface area contributed by atoms with E-state index < -0.39 is 12.2 Å². The van der Waals surface area contributed by atoms with E-state index in [1.54, 1.807) is 13.2 Å². The van der Waals surface area contributed by atoms with E-state index in [2.05, 4.69) is 0 Å². The van der Waals surface area contributed by atoms with E-state index in [1.807, 2.05) is 19.1 Å². The number of nitrogens with two attached hydrogens (primary N) is 1. The summed E-state index contributed by atoms with van der Waals surface area (Å²) in [5.41, 5.74) is 6.95. The van der Waals surface area contributed by atoms with Gasteiger partial charge in [0.2, 0.25) is 0 Å². The summed E-state index contributed by atoms with van der Waals surface area (Å²) in [6.45, 7) is 2.23. The van der Waals surface area contributed by atoms with Crippen LogP contribution in [0.25, 0.3) is 0 Å². The first-order valence-corrected chi connectivity index (χ1v) is 5.31. The number of hydrogen-bond donors (Lipinski definition) is 3. The van der Waals surface area contributed by atoms with Crippen molar-refractivity contribution in [1.82, 2.24) is 0 Å². The van der Waals surface area contributed by atoms with Crippen LogP contribution in [-0.4, -0.2) is 30.0 Å². The second-order valence-corrected chi connectivity index (χ2v) is 3.81. The first-order chi connectivity index (χ1) is 7.60. The van der Waals surface area contributed by atoms with Gasteiger partial charge in [0.1, 0.15) is 11.9 Å². The first kappa shape index (κ1) is 13.0. The minimum Gasteiger partial charge on any atom is -0.497 e. The van der Waals surface area contributed by atoms with Crippen LogP contribution < -0.4 is 10.5 Å². The number of hydrogen-bond acceptors (Lipinski definition) is 4. The summed E-state index contributed by atoms with van der Waals surface area (Å²) in [4.78, 5) is 0. The Morgan fingerprint density at radius 1 is 1.38 bits per heavy atom. The molecule has 4 N–H and O–H groups in total. The van der Waals surface area contributed by atoms with Crippen molar-refractivity contribution in [2.24, 2.45) is 5.73 Å². The molecule has 0 bridgehead atoms. The van der Waals surface area contributed by atoms with Crippen molar-refractivity contribution in [2.45, 2.75) is 25.6 Å². The molecule has 0 heterocycles. The molecule has 0 fully saturated rings. The van der Waals surface area contributed by atoms with Gasteiger partial charge in [0.25, 0.3) is 0 Å². The van der Waals surface area contributed by atoms with Crippen molar-refractivity contribution in [3.8, 4) is 5.75 Å². The van der Waals surface area contributed by atoms with Gasteiger partial charge in [-0.1, -0.05) is 6.07 Å². The minimum absolute atomic E-state index is 0.348. The van der Waals surface area contributed by atoms with E-state index in [1.165, 1.54) is 0 Å². The molecular weight excluding hydrogens is 206 g/mol. The molecule has 0 aliphatic rings. The number of aliphatic hydroxyl groups is 2. The van der Waals surface area contributed by atoms with E-state index in [9.17, 15) is 10.2 Å². The lowest BCUT2D eigenvalue weighted by Crippen LogP contribution is -2.22. The molecule has 2 atom stereocenters. The fraction of sp³-hybridized carbons (Fsp3) is 0.500. The number of aryl methyl sites for hydroxylation is 1. The predicted octanol–water partition coefficient (Wildman–Crippen LogP) is 0.747. The molecule has 0 aromatic heterocycles. The zero-order valence-corrected chi connectivity index (χ0v) is 9.68. The van der Waals surface area contributed by atoms with E-state index in [0.29, 0.717) is 24.3 Å². The maximum atomic E-state index is 9.96. The Hall–Kier alpha value is -1.10. The molecule has 0 radical (unpaired) electrons. The predicted molar refractivity (Wildman–Crippen MR) is 62.4 cm³/mol. The second kappa shape index (κ2) is 5.84. The molecule has 4 heteroatoms. The molecule has 0 aliphatic carbocycles. The van der Waals surface area contributed by atoms with Gasteiger partial charge < -0.3 is 20.7 Å². The Morgan fingerprint density at radius 2 is 2.06 bits per heavy atom. The Kier molecular flexibility index (Phi) is 4.73. The SMILES string of the molecule is COc1ccc(C)c(C(O)C(O)CCN)c1. The summed E-state index contributed by atoms with van der Waals surface area (Å²) in [5.74, 6) is 0.666. The lowest BCUT2D eigenvalue weighted by atomic mass is 9.97. The van der Waals surface area contributed by atoms with Gasteiger partial charge in [0.15, 0.2) is 0 Å². The Morgan fingerprint density at radius 3 is 2.62 bits per heavy atom. The van der Waals surface area contributed by atoms with Gasteiger partial charge in [-0.05, 0) is 43.1 Å². The normalized spacial score (nSPS) is 14.6. The third-order valence-corrected chi connectivity index (χ3v) is 2.63. The molecule has 0 saturated heterocycles. The highest BCUT2D eigenvalue weighted by atomic mass is 16.5. The molecule has 16 heavy (non-hydrogen) atoms. The van der Waals surface area contributed by atoms with Gasteiger partial charge in [-0.2, -0.15) is 0 Å². The highest BCUT2D eigenvalue weighted by molar-refractivity contribution is 5.36. The molecule has 90 valence electrons. The Labute approximate surface area is 95.7 Å². The summed E-state index contributed by atoms with van der Waals surface area (Å²) in [5, 5.41) is 19.6. The number of benzene rings is 1. The van der Waals surface area contributed by atoms with E-state index in [0.717, 1.165) is 5.56 Å². The third kappa shape index (κ3) is 2.95.